The molecule has 1 fully saturated rings. The number of nitrogens with one attached hydrogen (secondary N) is 2. The Hall–Kier alpha value is -1.14. The molecule has 2 atom stereocenters. The molecule has 0 heterocycles. The van der Waals surface area contributed by atoms with Gasteiger partial charge in [-0.2, -0.15) is 0 Å². The second-order valence-electron chi connectivity index (χ2n) is 9.89. The number of hydrogen-bond donors (Lipinski definition) is 4. The van der Waals surface area contributed by atoms with Crippen LogP contribution in [0.1, 0.15) is 119 Å². The smallest absolute Gasteiger partial charge is 0.236 e. The highest BCUT2D eigenvalue weighted by Crippen LogP contribution is 2.40. The molecule has 0 bridgehead atoms. The van der Waals surface area contributed by atoms with Crippen LogP contribution in [-0.2, 0) is 9.59 Å². The lowest BCUT2D eigenvalue weighted by atomic mass is 9.80. The minimum absolute atomic E-state index is 0.289. The summed E-state index contributed by atoms with van der Waals surface area (Å²) in [5, 5.41) is 28.2. The highest BCUT2D eigenvalue weighted by Gasteiger charge is 2.50. The fourth-order valence-corrected chi connectivity index (χ4v) is 5.32. The Morgan fingerprint density at radius 3 is 1.29 bits per heavy atom. The molecule has 0 saturated heterocycles. The van der Waals surface area contributed by atoms with Gasteiger partial charge in [0.05, 0.1) is 23.3 Å². The fraction of sp³-hybridized carbons (Fsp3) is 0.920. The van der Waals surface area contributed by atoms with Gasteiger partial charge in [-0.05, 0) is 52.4 Å². The van der Waals surface area contributed by atoms with Gasteiger partial charge in [-0.3, -0.25) is 9.59 Å². The summed E-state index contributed by atoms with van der Waals surface area (Å²) in [6.45, 7) is 11.8. The molecule has 31 heavy (non-hydrogen) atoms. The molecule has 2 amide bonds. The molecule has 1 aliphatic rings. The maximum atomic E-state index is 13.4. The molecule has 0 spiro atoms. The maximum Gasteiger partial charge on any atom is 0.236 e. The van der Waals surface area contributed by atoms with E-state index >= 15 is 0 Å². The summed E-state index contributed by atoms with van der Waals surface area (Å²) in [6.07, 6.45) is 8.41. The zero-order valence-electron chi connectivity index (χ0n) is 20.9. The van der Waals surface area contributed by atoms with Crippen LogP contribution in [0, 0.1) is 5.41 Å². The van der Waals surface area contributed by atoms with Crippen molar-refractivity contribution in [2.75, 3.05) is 0 Å². The fourth-order valence-electron chi connectivity index (χ4n) is 5.32. The number of amides is 2. The predicted octanol–water partition coefficient (Wildman–Crippen LogP) is 4.22. The molecule has 0 aromatic rings. The zero-order chi connectivity index (χ0) is 23.7. The third-order valence-corrected chi connectivity index (χ3v) is 7.37. The van der Waals surface area contributed by atoms with Gasteiger partial charge in [0.1, 0.15) is 5.41 Å². The van der Waals surface area contributed by atoms with E-state index in [9.17, 15) is 19.8 Å². The first-order chi connectivity index (χ1) is 14.5. The van der Waals surface area contributed by atoms with Crippen molar-refractivity contribution < 1.29 is 19.8 Å². The van der Waals surface area contributed by atoms with Gasteiger partial charge in [-0.25, -0.2) is 0 Å². The van der Waals surface area contributed by atoms with Gasteiger partial charge in [0.2, 0.25) is 11.8 Å². The summed E-state index contributed by atoms with van der Waals surface area (Å²) in [6, 6.07) is -0.862. The molecular formula is C25H48N2O4. The molecule has 1 aliphatic carbocycles. The van der Waals surface area contributed by atoms with E-state index in [1.54, 1.807) is 0 Å². The van der Waals surface area contributed by atoms with Crippen molar-refractivity contribution in [3.05, 3.63) is 0 Å². The minimum atomic E-state index is -1.12. The average Bonchev–Trinajstić information content (AvgIpc) is 3.20. The average molecular weight is 441 g/mol. The van der Waals surface area contributed by atoms with Crippen molar-refractivity contribution in [1.29, 1.82) is 0 Å². The molecule has 6 heteroatoms. The second kappa shape index (κ2) is 12.2. The van der Waals surface area contributed by atoms with Gasteiger partial charge in [0, 0.05) is 0 Å². The number of carbonyl (C=O) groups is 2. The van der Waals surface area contributed by atoms with Crippen LogP contribution in [-0.4, -0.2) is 45.3 Å². The molecule has 0 aliphatic heterocycles. The van der Waals surface area contributed by atoms with Crippen LogP contribution in [0.5, 0.6) is 0 Å². The van der Waals surface area contributed by atoms with Gasteiger partial charge in [-0.1, -0.05) is 66.2 Å². The highest BCUT2D eigenvalue weighted by atomic mass is 16.3. The Labute approximate surface area is 190 Å². The van der Waals surface area contributed by atoms with Crippen LogP contribution >= 0.6 is 0 Å². The molecule has 0 aromatic heterocycles. The first-order valence-corrected chi connectivity index (χ1v) is 12.6. The van der Waals surface area contributed by atoms with Gasteiger partial charge in [-0.15, -0.1) is 0 Å². The molecule has 6 nitrogen and oxygen atoms in total. The number of aliphatic hydroxyl groups is 2. The molecule has 0 unspecified atom stereocenters. The topological polar surface area (TPSA) is 98.7 Å². The Kier molecular flexibility index (Phi) is 11.0. The third-order valence-electron chi connectivity index (χ3n) is 7.37. The molecule has 182 valence electrons. The van der Waals surface area contributed by atoms with E-state index in [4.69, 9.17) is 0 Å². The zero-order valence-corrected chi connectivity index (χ0v) is 20.9. The van der Waals surface area contributed by atoms with Gasteiger partial charge >= 0.3 is 0 Å². The first-order valence-electron chi connectivity index (χ1n) is 12.6. The summed E-state index contributed by atoms with van der Waals surface area (Å²) in [7, 11) is 0. The molecule has 1 saturated carbocycles. The summed E-state index contributed by atoms with van der Waals surface area (Å²) in [4.78, 5) is 26.8. The van der Waals surface area contributed by atoms with Gasteiger partial charge in [0.15, 0.2) is 0 Å². The van der Waals surface area contributed by atoms with Crippen molar-refractivity contribution >= 4 is 11.8 Å². The highest BCUT2D eigenvalue weighted by molar-refractivity contribution is 6.05. The van der Waals surface area contributed by atoms with E-state index in [1.807, 2.05) is 41.5 Å². The molecule has 0 radical (unpaired) electrons. The molecular weight excluding hydrogens is 392 g/mol. The van der Waals surface area contributed by atoms with Crippen molar-refractivity contribution in [3.63, 3.8) is 0 Å². The van der Waals surface area contributed by atoms with Crippen molar-refractivity contribution in [2.24, 2.45) is 5.41 Å². The summed E-state index contributed by atoms with van der Waals surface area (Å²) in [5.74, 6) is -0.579. The quantitative estimate of drug-likeness (QED) is 0.304. The van der Waals surface area contributed by atoms with E-state index in [-0.39, 0.29) is 11.8 Å². The molecule has 1 rings (SSSR count). The molecule has 4 N–H and O–H groups in total. The summed E-state index contributed by atoms with van der Waals surface area (Å²) in [5.41, 5.74) is -3.06. The van der Waals surface area contributed by atoms with Crippen LogP contribution in [0.2, 0.25) is 0 Å². The number of carbonyl (C=O) groups excluding carboxylic acids is 2. The third kappa shape index (κ3) is 6.67. The van der Waals surface area contributed by atoms with Crippen LogP contribution in [0.25, 0.3) is 0 Å². The van der Waals surface area contributed by atoms with Crippen LogP contribution in [0.3, 0.4) is 0 Å². The van der Waals surface area contributed by atoms with Crippen LogP contribution in [0.15, 0.2) is 0 Å². The van der Waals surface area contributed by atoms with Gasteiger partial charge in [0.25, 0.3) is 0 Å². The van der Waals surface area contributed by atoms with Crippen LogP contribution in [0.4, 0.5) is 0 Å². The van der Waals surface area contributed by atoms with E-state index in [2.05, 4.69) is 10.6 Å². The van der Waals surface area contributed by atoms with Crippen molar-refractivity contribution in [3.8, 4) is 0 Å². The number of rotatable bonds is 14. The lowest BCUT2D eigenvalue weighted by molar-refractivity contribution is -0.147. The second-order valence-corrected chi connectivity index (χ2v) is 9.89. The van der Waals surface area contributed by atoms with Crippen LogP contribution < -0.4 is 10.6 Å². The number of hydrogen-bond acceptors (Lipinski definition) is 4. The normalized spacial score (nSPS) is 18.5. The monoisotopic (exact) mass is 440 g/mol. The van der Waals surface area contributed by atoms with E-state index in [0.717, 1.165) is 38.5 Å². The maximum absolute atomic E-state index is 13.4. The lowest BCUT2D eigenvalue weighted by Gasteiger charge is -2.39. The molecule has 0 aromatic carbocycles. The Morgan fingerprint density at radius 2 is 1.03 bits per heavy atom. The van der Waals surface area contributed by atoms with Gasteiger partial charge < -0.3 is 20.8 Å². The lowest BCUT2D eigenvalue weighted by Crippen LogP contribution is -2.60. The van der Waals surface area contributed by atoms with E-state index in [0.29, 0.717) is 38.5 Å². The SMILES string of the molecule is CCCC(O)(CCC)[C@@H](C)NC(=O)C1(C(=O)N[C@H](C)C(O)(CCC)CCC)CCCC1. The Bertz CT molecular complexity index is 516. The largest absolute Gasteiger partial charge is 0.388 e. The Balaban J connectivity index is 3.01. The minimum Gasteiger partial charge on any atom is -0.388 e. The predicted molar refractivity (Wildman–Crippen MR) is 126 cm³/mol. The van der Waals surface area contributed by atoms with Crippen molar-refractivity contribution in [2.45, 2.75) is 142 Å². The van der Waals surface area contributed by atoms with E-state index in [1.165, 1.54) is 0 Å². The summed E-state index contributed by atoms with van der Waals surface area (Å²) >= 11 is 0. The van der Waals surface area contributed by atoms with Crippen molar-refractivity contribution in [1.82, 2.24) is 10.6 Å². The van der Waals surface area contributed by atoms with E-state index < -0.39 is 28.7 Å². The standard InChI is InChI=1S/C25H48N2O4/c1-7-13-24(30,14-8-2)19(5)26-21(28)23(17-11-12-18-23)22(29)27-20(6)25(31,15-9-3)16-10-4/h19-20,30-31H,7-18H2,1-6H3,(H,26,28)(H,27,29)/t19-,20-/m1/s1. The summed E-state index contributed by atoms with van der Waals surface area (Å²) < 4.78 is 0. The Morgan fingerprint density at radius 1 is 0.742 bits per heavy atom. The first kappa shape index (κ1) is 27.9.